The second-order valence-electron chi connectivity index (χ2n) is 4.86. The highest BCUT2D eigenvalue weighted by molar-refractivity contribution is 4.98. The Kier molecular flexibility index (Phi) is 5.80. The third kappa shape index (κ3) is 4.18. The number of nitrogens with zero attached hydrogens (tertiary/aromatic N) is 1. The first-order valence-electron chi connectivity index (χ1n) is 6.73. The number of hydrogen-bond donors (Lipinski definition) is 0. The molecule has 2 fully saturated rings. The molecule has 1 aliphatic heterocycles. The van der Waals surface area contributed by atoms with E-state index in [1.165, 1.54) is 0 Å². The average Bonchev–Trinajstić information content (AvgIpc) is 3.01. The van der Waals surface area contributed by atoms with Crippen LogP contribution >= 0.6 is 0 Å². The first-order valence-corrected chi connectivity index (χ1v) is 6.73. The number of ether oxygens (including phenoxy) is 1. The molecule has 2 unspecified atom stereocenters. The van der Waals surface area contributed by atoms with E-state index in [4.69, 9.17) is 4.74 Å². The number of likely N-dealkylation sites (tertiary alicyclic amines) is 1. The van der Waals surface area contributed by atoms with E-state index in [-0.39, 0.29) is 18.5 Å². The van der Waals surface area contributed by atoms with E-state index in [2.05, 4.69) is 0 Å². The molecule has 0 aromatic carbocycles. The zero-order chi connectivity index (χ0) is 12.9. The summed E-state index contributed by atoms with van der Waals surface area (Å²) in [6, 6.07) is 0. The van der Waals surface area contributed by atoms with Crippen molar-refractivity contribution in [2.75, 3.05) is 32.8 Å². The maximum Gasteiger partial charge on any atom is 0.145 e. The van der Waals surface area contributed by atoms with Gasteiger partial charge in [0.2, 0.25) is 0 Å². The predicted octanol–water partition coefficient (Wildman–Crippen LogP) is 2.82. The van der Waals surface area contributed by atoms with Gasteiger partial charge in [0, 0.05) is 31.7 Å². The molecule has 0 radical (unpaired) electrons. The molecule has 2 nitrogen and oxygen atoms in total. The van der Waals surface area contributed by atoms with Crippen LogP contribution in [-0.2, 0) is 4.74 Å². The number of rotatable bonds is 5. The SMILES string of the molecule is CC.CCOCC1(CN2CC(F)C(F)C2)CC1. The van der Waals surface area contributed by atoms with E-state index >= 15 is 0 Å². The van der Waals surface area contributed by atoms with Gasteiger partial charge in [0.1, 0.15) is 12.3 Å². The molecular weight excluding hydrogens is 224 g/mol. The molecule has 0 amide bonds. The summed E-state index contributed by atoms with van der Waals surface area (Å²) in [5, 5.41) is 0. The van der Waals surface area contributed by atoms with E-state index < -0.39 is 12.3 Å². The standard InChI is InChI=1S/C11H19F2NO.C2H6/c1-2-15-8-11(3-4-11)7-14-5-9(12)10(13)6-14;1-2/h9-10H,2-8H2,1H3;1-2H3. The fraction of sp³-hybridized carbons (Fsp3) is 1.00. The van der Waals surface area contributed by atoms with Gasteiger partial charge in [0.05, 0.1) is 6.61 Å². The van der Waals surface area contributed by atoms with Crippen molar-refractivity contribution in [2.45, 2.75) is 46.0 Å². The first kappa shape index (κ1) is 14.8. The summed E-state index contributed by atoms with van der Waals surface area (Å²) in [4.78, 5) is 1.90. The van der Waals surface area contributed by atoms with Gasteiger partial charge in [0.25, 0.3) is 0 Å². The Labute approximate surface area is 103 Å². The van der Waals surface area contributed by atoms with Crippen molar-refractivity contribution in [3.8, 4) is 0 Å². The highest BCUT2D eigenvalue weighted by atomic mass is 19.2. The third-order valence-corrected chi connectivity index (χ3v) is 3.39. The largest absolute Gasteiger partial charge is 0.381 e. The summed E-state index contributed by atoms with van der Waals surface area (Å²) in [6.45, 7) is 8.76. The second-order valence-corrected chi connectivity index (χ2v) is 4.86. The minimum Gasteiger partial charge on any atom is -0.381 e. The lowest BCUT2D eigenvalue weighted by molar-refractivity contribution is 0.0815. The summed E-state index contributed by atoms with van der Waals surface area (Å²) in [6.07, 6.45) is -0.296. The zero-order valence-electron chi connectivity index (χ0n) is 11.2. The number of halogens is 2. The van der Waals surface area contributed by atoms with E-state index in [0.717, 1.165) is 32.6 Å². The van der Waals surface area contributed by atoms with Crippen molar-refractivity contribution in [1.29, 1.82) is 0 Å². The summed E-state index contributed by atoms with van der Waals surface area (Å²) >= 11 is 0. The van der Waals surface area contributed by atoms with E-state index in [0.29, 0.717) is 0 Å². The molecule has 1 heterocycles. The maximum atomic E-state index is 13.0. The Morgan fingerprint density at radius 3 is 2.12 bits per heavy atom. The number of alkyl halides is 2. The summed E-state index contributed by atoms with van der Waals surface area (Å²) < 4.78 is 31.3. The molecule has 4 heteroatoms. The van der Waals surface area contributed by atoms with Crippen molar-refractivity contribution in [1.82, 2.24) is 4.90 Å². The van der Waals surface area contributed by atoms with Gasteiger partial charge in [-0.1, -0.05) is 13.8 Å². The fourth-order valence-electron chi connectivity index (χ4n) is 2.24. The van der Waals surface area contributed by atoms with Crippen molar-refractivity contribution in [3.63, 3.8) is 0 Å². The van der Waals surface area contributed by atoms with Crippen LogP contribution in [0, 0.1) is 5.41 Å². The molecule has 1 saturated carbocycles. The van der Waals surface area contributed by atoms with E-state index in [9.17, 15) is 8.78 Å². The molecule has 0 N–H and O–H groups in total. The van der Waals surface area contributed by atoms with Crippen LogP contribution in [0.2, 0.25) is 0 Å². The summed E-state index contributed by atoms with van der Waals surface area (Å²) in [7, 11) is 0. The normalized spacial score (nSPS) is 30.9. The maximum absolute atomic E-state index is 13.0. The molecule has 1 saturated heterocycles. The third-order valence-electron chi connectivity index (χ3n) is 3.39. The smallest absolute Gasteiger partial charge is 0.145 e. The highest BCUT2D eigenvalue weighted by Crippen LogP contribution is 2.47. The molecule has 1 aliphatic carbocycles. The minimum atomic E-state index is -1.28. The van der Waals surface area contributed by atoms with Crippen LogP contribution in [0.4, 0.5) is 8.78 Å². The van der Waals surface area contributed by atoms with Crippen LogP contribution < -0.4 is 0 Å². The van der Waals surface area contributed by atoms with Gasteiger partial charge < -0.3 is 4.74 Å². The zero-order valence-corrected chi connectivity index (χ0v) is 11.2. The topological polar surface area (TPSA) is 12.5 Å². The van der Waals surface area contributed by atoms with Gasteiger partial charge in [0.15, 0.2) is 0 Å². The van der Waals surface area contributed by atoms with Crippen molar-refractivity contribution < 1.29 is 13.5 Å². The Morgan fingerprint density at radius 2 is 1.71 bits per heavy atom. The monoisotopic (exact) mass is 249 g/mol. The Balaban J connectivity index is 0.000000686. The predicted molar refractivity (Wildman–Crippen MR) is 65.7 cm³/mol. The summed E-state index contributed by atoms with van der Waals surface area (Å²) in [5.74, 6) is 0. The number of hydrogen-bond acceptors (Lipinski definition) is 2. The lowest BCUT2D eigenvalue weighted by Crippen LogP contribution is -2.31. The van der Waals surface area contributed by atoms with Gasteiger partial charge in [-0.15, -0.1) is 0 Å². The first-order chi connectivity index (χ1) is 8.15. The van der Waals surface area contributed by atoms with Gasteiger partial charge in [-0.25, -0.2) is 8.78 Å². The molecule has 102 valence electrons. The van der Waals surface area contributed by atoms with Gasteiger partial charge >= 0.3 is 0 Å². The van der Waals surface area contributed by atoms with Gasteiger partial charge in [-0.05, 0) is 19.8 Å². The Bertz CT molecular complexity index is 211. The van der Waals surface area contributed by atoms with Crippen molar-refractivity contribution >= 4 is 0 Å². The van der Waals surface area contributed by atoms with Crippen LogP contribution in [-0.4, -0.2) is 50.1 Å². The molecule has 17 heavy (non-hydrogen) atoms. The van der Waals surface area contributed by atoms with Gasteiger partial charge in [-0.2, -0.15) is 0 Å². The van der Waals surface area contributed by atoms with Crippen LogP contribution in [0.15, 0.2) is 0 Å². The quantitative estimate of drug-likeness (QED) is 0.743. The molecule has 2 aliphatic rings. The minimum absolute atomic E-state index is 0.208. The average molecular weight is 249 g/mol. The van der Waals surface area contributed by atoms with E-state index in [1.54, 1.807) is 0 Å². The Morgan fingerprint density at radius 1 is 1.18 bits per heavy atom. The van der Waals surface area contributed by atoms with Crippen LogP contribution in [0.1, 0.15) is 33.6 Å². The summed E-state index contributed by atoms with van der Waals surface area (Å²) in [5.41, 5.74) is 0.208. The van der Waals surface area contributed by atoms with Crippen LogP contribution in [0.5, 0.6) is 0 Å². The molecule has 2 atom stereocenters. The fourth-order valence-corrected chi connectivity index (χ4v) is 2.24. The molecule has 0 aromatic rings. The Hall–Kier alpha value is -0.220. The van der Waals surface area contributed by atoms with E-state index in [1.807, 2.05) is 25.7 Å². The van der Waals surface area contributed by atoms with Crippen LogP contribution in [0.3, 0.4) is 0 Å². The van der Waals surface area contributed by atoms with Crippen LogP contribution in [0.25, 0.3) is 0 Å². The second kappa shape index (κ2) is 6.64. The van der Waals surface area contributed by atoms with Gasteiger partial charge in [-0.3, -0.25) is 4.90 Å². The molecular formula is C13H25F2NO. The highest BCUT2D eigenvalue weighted by Gasteiger charge is 2.46. The molecule has 0 bridgehead atoms. The molecule has 0 aromatic heterocycles. The van der Waals surface area contributed by atoms with Crippen molar-refractivity contribution in [3.05, 3.63) is 0 Å². The lowest BCUT2D eigenvalue weighted by Gasteiger charge is -2.22. The van der Waals surface area contributed by atoms with Crippen molar-refractivity contribution in [2.24, 2.45) is 5.41 Å². The molecule has 2 rings (SSSR count). The lowest BCUT2D eigenvalue weighted by atomic mass is 10.1. The molecule has 0 spiro atoms.